The topological polar surface area (TPSA) is 80.0 Å². The summed E-state index contributed by atoms with van der Waals surface area (Å²) in [6, 6.07) is 16.1. The number of ether oxygens (including phenoxy) is 2. The Morgan fingerprint density at radius 2 is 1.58 bits per heavy atom. The van der Waals surface area contributed by atoms with Crippen molar-refractivity contribution in [3.8, 4) is 22.6 Å². The minimum atomic E-state index is 0.468. The van der Waals surface area contributed by atoms with Crippen LogP contribution in [0, 0.1) is 0 Å². The summed E-state index contributed by atoms with van der Waals surface area (Å²) < 4.78 is 10.7. The monoisotopic (exact) mass is 448 g/mol. The Hall–Kier alpha value is -3.52. The molecule has 1 aliphatic rings. The Balaban J connectivity index is 1.51. The van der Waals surface area contributed by atoms with Gasteiger partial charge in [-0.2, -0.15) is 9.97 Å². The van der Waals surface area contributed by atoms with Gasteiger partial charge >= 0.3 is 0 Å². The minimum absolute atomic E-state index is 0.468. The molecular formula is C25H32N6O2. The van der Waals surface area contributed by atoms with E-state index in [2.05, 4.69) is 21.9 Å². The van der Waals surface area contributed by atoms with Crippen molar-refractivity contribution in [1.29, 1.82) is 0 Å². The van der Waals surface area contributed by atoms with Crippen molar-refractivity contribution in [3.05, 3.63) is 54.1 Å². The van der Waals surface area contributed by atoms with Gasteiger partial charge in [-0.3, -0.25) is 4.90 Å². The van der Waals surface area contributed by atoms with E-state index in [-0.39, 0.29) is 0 Å². The van der Waals surface area contributed by atoms with E-state index in [1.807, 2.05) is 55.4 Å². The first kappa shape index (κ1) is 22.7. The van der Waals surface area contributed by atoms with Crippen LogP contribution in [0.25, 0.3) is 11.1 Å². The highest BCUT2D eigenvalue weighted by molar-refractivity contribution is 5.85. The summed E-state index contributed by atoms with van der Waals surface area (Å²) >= 11 is 0. The van der Waals surface area contributed by atoms with Gasteiger partial charge in [0.05, 0.1) is 19.8 Å². The van der Waals surface area contributed by atoms with Crippen LogP contribution < -0.4 is 25.0 Å². The molecule has 0 amide bonds. The number of hydrogen-bond donors (Lipinski definition) is 1. The summed E-state index contributed by atoms with van der Waals surface area (Å²) in [4.78, 5) is 16.2. The summed E-state index contributed by atoms with van der Waals surface area (Å²) in [5, 5.41) is 0. The number of methoxy groups -OCH3 is 2. The summed E-state index contributed by atoms with van der Waals surface area (Å²) in [6.07, 6.45) is 0. The molecule has 0 spiro atoms. The Morgan fingerprint density at radius 3 is 2.24 bits per heavy atom. The fourth-order valence-corrected chi connectivity index (χ4v) is 4.11. The van der Waals surface area contributed by atoms with Crippen molar-refractivity contribution in [2.45, 2.75) is 6.54 Å². The van der Waals surface area contributed by atoms with Gasteiger partial charge in [0.15, 0.2) is 0 Å². The third-order valence-corrected chi connectivity index (χ3v) is 5.88. The van der Waals surface area contributed by atoms with Crippen molar-refractivity contribution >= 4 is 17.6 Å². The van der Waals surface area contributed by atoms with Gasteiger partial charge in [-0.15, -0.1) is 0 Å². The van der Waals surface area contributed by atoms with Gasteiger partial charge in [-0.25, -0.2) is 0 Å². The van der Waals surface area contributed by atoms with Crippen LogP contribution >= 0.6 is 0 Å². The van der Waals surface area contributed by atoms with Gasteiger partial charge in [0.1, 0.15) is 23.1 Å². The highest BCUT2D eigenvalue weighted by Crippen LogP contribution is 2.36. The number of hydrogen-bond acceptors (Lipinski definition) is 8. The van der Waals surface area contributed by atoms with Gasteiger partial charge in [-0.05, 0) is 35.4 Å². The number of aromatic nitrogens is 2. The van der Waals surface area contributed by atoms with Crippen LogP contribution in [0.5, 0.6) is 11.5 Å². The SMILES string of the molecule is COc1cccc(CN2CCN(c3nc(N)c(-c4cccc(OC)c4)c(N(C)C)n3)CC2)c1. The molecule has 1 fully saturated rings. The number of anilines is 3. The fraction of sp³-hybridized carbons (Fsp3) is 0.360. The molecule has 3 aromatic rings. The van der Waals surface area contributed by atoms with Gasteiger partial charge in [0, 0.05) is 46.8 Å². The molecule has 0 aliphatic carbocycles. The minimum Gasteiger partial charge on any atom is -0.497 e. The van der Waals surface area contributed by atoms with Crippen molar-refractivity contribution in [3.63, 3.8) is 0 Å². The molecule has 1 aromatic heterocycles. The van der Waals surface area contributed by atoms with E-state index in [1.165, 1.54) is 5.56 Å². The van der Waals surface area contributed by atoms with Gasteiger partial charge in [0.2, 0.25) is 5.95 Å². The Morgan fingerprint density at radius 1 is 0.909 bits per heavy atom. The fourth-order valence-electron chi connectivity index (χ4n) is 4.11. The molecule has 1 saturated heterocycles. The van der Waals surface area contributed by atoms with Gasteiger partial charge in [-0.1, -0.05) is 24.3 Å². The second kappa shape index (κ2) is 9.95. The summed E-state index contributed by atoms with van der Waals surface area (Å²) in [5.74, 6) is 3.60. The average molecular weight is 449 g/mol. The molecule has 0 saturated carbocycles. The van der Waals surface area contributed by atoms with Crippen LogP contribution in [0.2, 0.25) is 0 Å². The number of benzene rings is 2. The van der Waals surface area contributed by atoms with Crippen LogP contribution in [0.3, 0.4) is 0 Å². The van der Waals surface area contributed by atoms with Crippen molar-refractivity contribution < 1.29 is 9.47 Å². The molecule has 0 bridgehead atoms. The van der Waals surface area contributed by atoms with E-state index < -0.39 is 0 Å². The van der Waals surface area contributed by atoms with Crippen LogP contribution in [0.15, 0.2) is 48.5 Å². The lowest BCUT2D eigenvalue weighted by Gasteiger charge is -2.35. The number of rotatable bonds is 7. The maximum absolute atomic E-state index is 6.48. The average Bonchev–Trinajstić information content (AvgIpc) is 2.84. The maximum Gasteiger partial charge on any atom is 0.229 e. The third kappa shape index (κ3) is 5.12. The van der Waals surface area contributed by atoms with Gasteiger partial charge < -0.3 is 25.0 Å². The molecule has 0 radical (unpaired) electrons. The Labute approximate surface area is 195 Å². The summed E-state index contributed by atoms with van der Waals surface area (Å²) in [6.45, 7) is 4.43. The lowest BCUT2D eigenvalue weighted by atomic mass is 10.1. The van der Waals surface area contributed by atoms with Crippen molar-refractivity contribution in [2.75, 3.05) is 70.0 Å². The zero-order valence-electron chi connectivity index (χ0n) is 19.8. The van der Waals surface area contributed by atoms with Crippen molar-refractivity contribution in [2.24, 2.45) is 0 Å². The van der Waals surface area contributed by atoms with E-state index in [4.69, 9.17) is 25.2 Å². The Kier molecular flexibility index (Phi) is 6.84. The predicted molar refractivity (Wildman–Crippen MR) is 133 cm³/mol. The first-order valence-corrected chi connectivity index (χ1v) is 11.1. The third-order valence-electron chi connectivity index (χ3n) is 5.88. The molecule has 2 aromatic carbocycles. The largest absolute Gasteiger partial charge is 0.497 e. The van der Waals surface area contributed by atoms with Crippen LogP contribution in [-0.2, 0) is 6.54 Å². The van der Waals surface area contributed by atoms with E-state index in [0.29, 0.717) is 11.8 Å². The summed E-state index contributed by atoms with van der Waals surface area (Å²) in [5.41, 5.74) is 9.48. The molecule has 0 unspecified atom stereocenters. The molecule has 8 nitrogen and oxygen atoms in total. The van der Waals surface area contributed by atoms with Crippen molar-refractivity contribution in [1.82, 2.24) is 14.9 Å². The van der Waals surface area contributed by atoms with E-state index in [0.717, 1.165) is 61.2 Å². The standard InChI is InChI=1S/C25H32N6O2/c1-29(2)24-22(19-8-6-10-21(16-19)33-4)23(26)27-25(28-24)31-13-11-30(12-14-31)17-18-7-5-9-20(15-18)32-3/h5-10,15-16H,11-14,17H2,1-4H3,(H2,26,27,28). The molecular weight excluding hydrogens is 416 g/mol. The second-order valence-electron chi connectivity index (χ2n) is 8.35. The highest BCUT2D eigenvalue weighted by Gasteiger charge is 2.23. The second-order valence-corrected chi connectivity index (χ2v) is 8.35. The van der Waals surface area contributed by atoms with Gasteiger partial charge in [0.25, 0.3) is 0 Å². The molecule has 1 aliphatic heterocycles. The Bertz CT molecular complexity index is 1100. The van der Waals surface area contributed by atoms with Crippen LogP contribution in [-0.4, -0.2) is 69.4 Å². The molecule has 33 heavy (non-hydrogen) atoms. The molecule has 174 valence electrons. The zero-order chi connectivity index (χ0) is 23.4. The quantitative estimate of drug-likeness (QED) is 0.591. The smallest absolute Gasteiger partial charge is 0.229 e. The molecule has 4 rings (SSSR count). The number of nitrogens with zero attached hydrogens (tertiary/aromatic N) is 5. The van der Waals surface area contributed by atoms with Crippen LogP contribution in [0.4, 0.5) is 17.6 Å². The molecule has 0 atom stereocenters. The summed E-state index contributed by atoms with van der Waals surface area (Å²) in [7, 11) is 7.30. The lowest BCUT2D eigenvalue weighted by molar-refractivity contribution is 0.248. The highest BCUT2D eigenvalue weighted by atomic mass is 16.5. The molecule has 2 heterocycles. The predicted octanol–water partition coefficient (Wildman–Crippen LogP) is 3.13. The van der Waals surface area contributed by atoms with Crippen LogP contribution in [0.1, 0.15) is 5.56 Å². The lowest BCUT2D eigenvalue weighted by Crippen LogP contribution is -2.46. The normalized spacial score (nSPS) is 14.2. The zero-order valence-corrected chi connectivity index (χ0v) is 19.8. The van der Waals surface area contributed by atoms with E-state index >= 15 is 0 Å². The number of piperazine rings is 1. The molecule has 2 N–H and O–H groups in total. The molecule has 8 heteroatoms. The first-order chi connectivity index (χ1) is 16.0. The van der Waals surface area contributed by atoms with E-state index in [9.17, 15) is 0 Å². The maximum atomic E-state index is 6.48. The number of nitrogens with two attached hydrogens (primary N) is 1. The number of nitrogen functional groups attached to an aromatic ring is 1. The van der Waals surface area contributed by atoms with E-state index in [1.54, 1.807) is 14.2 Å². The first-order valence-electron chi connectivity index (χ1n) is 11.1.